The molecule has 5 heteroatoms. The van der Waals surface area contributed by atoms with E-state index in [-0.39, 0.29) is 24.3 Å². The molecule has 1 aromatic rings. The monoisotopic (exact) mass is 357 g/mol. The van der Waals surface area contributed by atoms with Crippen LogP contribution in [-0.4, -0.2) is 44.8 Å². The molecule has 1 aromatic heterocycles. The highest BCUT2D eigenvalue weighted by Crippen LogP contribution is 2.33. The predicted octanol–water partition coefficient (Wildman–Crippen LogP) is 3.09. The van der Waals surface area contributed by atoms with Crippen molar-refractivity contribution >= 4 is 11.8 Å². The zero-order valence-electron chi connectivity index (χ0n) is 15.9. The number of carbonyl (C=O) groups excluding carboxylic acids is 2. The summed E-state index contributed by atoms with van der Waals surface area (Å²) >= 11 is 0. The van der Waals surface area contributed by atoms with Gasteiger partial charge in [0.1, 0.15) is 6.54 Å². The molecule has 1 heterocycles. The van der Waals surface area contributed by atoms with Crippen molar-refractivity contribution in [2.45, 2.75) is 76.4 Å². The van der Waals surface area contributed by atoms with Crippen molar-refractivity contribution in [1.29, 1.82) is 0 Å². The van der Waals surface area contributed by atoms with Crippen LogP contribution in [0.4, 0.5) is 0 Å². The van der Waals surface area contributed by atoms with Crippen LogP contribution in [0, 0.1) is 5.92 Å². The Morgan fingerprint density at radius 3 is 2.23 bits per heavy atom. The molecule has 0 atom stereocenters. The van der Waals surface area contributed by atoms with Crippen molar-refractivity contribution in [3.05, 3.63) is 24.0 Å². The van der Waals surface area contributed by atoms with Gasteiger partial charge in [-0.1, -0.05) is 19.3 Å². The number of hydrogen-bond acceptors (Lipinski definition) is 2. The Hall–Kier alpha value is -1.78. The van der Waals surface area contributed by atoms with Gasteiger partial charge in [-0.2, -0.15) is 0 Å². The summed E-state index contributed by atoms with van der Waals surface area (Å²) in [5, 5.41) is 0. The van der Waals surface area contributed by atoms with Crippen LogP contribution in [0.3, 0.4) is 0 Å². The summed E-state index contributed by atoms with van der Waals surface area (Å²) in [5.74, 6) is 0.527. The van der Waals surface area contributed by atoms with Crippen LogP contribution in [0.2, 0.25) is 0 Å². The number of aryl methyl sites for hydroxylation is 1. The van der Waals surface area contributed by atoms with E-state index in [0.717, 1.165) is 57.1 Å². The van der Waals surface area contributed by atoms with E-state index >= 15 is 0 Å². The lowest BCUT2D eigenvalue weighted by atomic mass is 9.88. The minimum Gasteiger partial charge on any atom is -0.353 e. The molecular formula is C21H31N3O2. The normalized spacial score (nSPS) is 20.8. The molecule has 3 saturated carbocycles. The number of rotatable bonds is 7. The van der Waals surface area contributed by atoms with Crippen LogP contribution in [0.15, 0.2) is 18.3 Å². The van der Waals surface area contributed by atoms with Crippen molar-refractivity contribution in [3.8, 4) is 0 Å². The quantitative estimate of drug-likeness (QED) is 0.753. The van der Waals surface area contributed by atoms with E-state index in [4.69, 9.17) is 0 Å². The van der Waals surface area contributed by atoms with E-state index in [1.807, 2.05) is 29.1 Å². The van der Waals surface area contributed by atoms with Gasteiger partial charge in [0.25, 0.3) is 0 Å². The van der Waals surface area contributed by atoms with Gasteiger partial charge < -0.3 is 14.4 Å². The number of hydrogen-bond donors (Lipinski definition) is 0. The summed E-state index contributed by atoms with van der Waals surface area (Å²) in [6.45, 7) is 0.935. The van der Waals surface area contributed by atoms with Crippen molar-refractivity contribution < 1.29 is 9.59 Å². The highest BCUT2D eigenvalue weighted by Gasteiger charge is 2.40. The minimum atomic E-state index is 0.129. The maximum atomic E-state index is 13.1. The van der Waals surface area contributed by atoms with Crippen molar-refractivity contribution in [1.82, 2.24) is 14.4 Å². The van der Waals surface area contributed by atoms with Gasteiger partial charge in [-0.25, -0.2) is 0 Å². The van der Waals surface area contributed by atoms with E-state index in [1.165, 1.54) is 6.42 Å². The molecular weight excluding hydrogens is 326 g/mol. The Labute approximate surface area is 156 Å². The summed E-state index contributed by atoms with van der Waals surface area (Å²) in [5.41, 5.74) is 1.15. The summed E-state index contributed by atoms with van der Waals surface area (Å²) in [4.78, 5) is 30.1. The van der Waals surface area contributed by atoms with Crippen LogP contribution in [0.1, 0.15) is 63.5 Å². The molecule has 0 aliphatic heterocycles. The summed E-state index contributed by atoms with van der Waals surface area (Å²) < 4.78 is 2.08. The largest absolute Gasteiger partial charge is 0.353 e. The molecule has 26 heavy (non-hydrogen) atoms. The van der Waals surface area contributed by atoms with E-state index in [9.17, 15) is 9.59 Å². The zero-order chi connectivity index (χ0) is 18.1. The first-order valence-electron chi connectivity index (χ1n) is 10.3. The molecule has 5 nitrogen and oxygen atoms in total. The Kier molecular flexibility index (Phi) is 5.05. The molecule has 0 aromatic carbocycles. The molecule has 2 amide bonds. The van der Waals surface area contributed by atoms with Crippen LogP contribution in [0.25, 0.3) is 0 Å². The average Bonchev–Trinajstić information content (AvgIpc) is 3.57. The van der Waals surface area contributed by atoms with Gasteiger partial charge in [0.2, 0.25) is 11.8 Å². The van der Waals surface area contributed by atoms with Crippen LogP contribution in [-0.2, 0) is 23.2 Å². The van der Waals surface area contributed by atoms with Crippen molar-refractivity contribution in [3.63, 3.8) is 0 Å². The fourth-order valence-corrected chi connectivity index (χ4v) is 4.24. The van der Waals surface area contributed by atoms with E-state index in [0.29, 0.717) is 18.6 Å². The minimum absolute atomic E-state index is 0.129. The van der Waals surface area contributed by atoms with Crippen molar-refractivity contribution in [2.75, 3.05) is 6.54 Å². The molecule has 0 bridgehead atoms. The smallest absolute Gasteiger partial charge is 0.242 e. The van der Waals surface area contributed by atoms with Gasteiger partial charge in [-0.3, -0.25) is 9.59 Å². The Balaban J connectivity index is 1.43. The van der Waals surface area contributed by atoms with Crippen molar-refractivity contribution in [2.24, 2.45) is 13.0 Å². The second-order valence-electron chi connectivity index (χ2n) is 8.40. The molecule has 0 radical (unpaired) electrons. The Bertz CT molecular complexity index is 654. The second-order valence-corrected chi connectivity index (χ2v) is 8.40. The third-order valence-electron chi connectivity index (χ3n) is 6.22. The fourth-order valence-electron chi connectivity index (χ4n) is 4.24. The highest BCUT2D eigenvalue weighted by molar-refractivity contribution is 5.86. The number of carbonyl (C=O) groups is 2. The highest BCUT2D eigenvalue weighted by atomic mass is 16.2. The average molecular weight is 357 g/mol. The molecule has 0 spiro atoms. The van der Waals surface area contributed by atoms with Gasteiger partial charge >= 0.3 is 0 Å². The molecule has 3 aliphatic carbocycles. The van der Waals surface area contributed by atoms with E-state index in [1.54, 1.807) is 0 Å². The first-order valence-corrected chi connectivity index (χ1v) is 10.3. The molecule has 0 unspecified atom stereocenters. The lowest BCUT2D eigenvalue weighted by molar-refractivity contribution is -0.144. The van der Waals surface area contributed by atoms with Crippen LogP contribution >= 0.6 is 0 Å². The second kappa shape index (κ2) is 7.45. The van der Waals surface area contributed by atoms with Gasteiger partial charge in [0.15, 0.2) is 0 Å². The standard InChI is InChI=1S/C21H31N3O2/c1-22-13-5-8-19(22)14-23(17-9-10-17)20(25)15-24(18-11-12-18)21(26)16-6-3-2-4-7-16/h5,8,13,16-18H,2-4,6-7,9-12,14-15H2,1H3. The fraction of sp³-hybridized carbons (Fsp3) is 0.714. The predicted molar refractivity (Wildman–Crippen MR) is 100 cm³/mol. The first-order chi connectivity index (χ1) is 12.6. The summed E-state index contributed by atoms with van der Waals surface area (Å²) in [6, 6.07) is 4.77. The van der Waals surface area contributed by atoms with Gasteiger partial charge in [-0.15, -0.1) is 0 Å². The third-order valence-corrected chi connectivity index (χ3v) is 6.22. The number of aromatic nitrogens is 1. The van der Waals surface area contributed by atoms with Gasteiger partial charge in [-0.05, 0) is 50.7 Å². The zero-order valence-corrected chi connectivity index (χ0v) is 15.9. The number of nitrogens with zero attached hydrogens (tertiary/aromatic N) is 3. The SMILES string of the molecule is Cn1cccc1CN(C(=O)CN(C(=O)C1CCCCC1)C1CC1)C1CC1. The van der Waals surface area contributed by atoms with E-state index in [2.05, 4.69) is 10.6 Å². The lowest BCUT2D eigenvalue weighted by Gasteiger charge is -2.31. The topological polar surface area (TPSA) is 45.6 Å². The van der Waals surface area contributed by atoms with Crippen LogP contribution < -0.4 is 0 Å². The molecule has 142 valence electrons. The maximum absolute atomic E-state index is 13.1. The van der Waals surface area contributed by atoms with Gasteiger partial charge in [0.05, 0.1) is 6.54 Å². The molecule has 0 saturated heterocycles. The van der Waals surface area contributed by atoms with Crippen LogP contribution in [0.5, 0.6) is 0 Å². The van der Waals surface area contributed by atoms with E-state index < -0.39 is 0 Å². The first kappa shape index (κ1) is 17.6. The molecule has 3 aliphatic rings. The molecule has 3 fully saturated rings. The third kappa shape index (κ3) is 3.97. The maximum Gasteiger partial charge on any atom is 0.242 e. The molecule has 0 N–H and O–H groups in total. The summed E-state index contributed by atoms with van der Waals surface area (Å²) in [7, 11) is 2.02. The lowest BCUT2D eigenvalue weighted by Crippen LogP contribution is -2.46. The summed E-state index contributed by atoms with van der Waals surface area (Å²) in [6.07, 6.45) is 11.9. The molecule has 4 rings (SSSR count). The number of amides is 2. The Morgan fingerprint density at radius 1 is 1.00 bits per heavy atom. The van der Waals surface area contributed by atoms with Gasteiger partial charge in [0, 0.05) is 36.9 Å². The Morgan fingerprint density at radius 2 is 1.65 bits per heavy atom.